The van der Waals surface area contributed by atoms with Crippen molar-refractivity contribution in [2.45, 2.75) is 13.8 Å². The number of aryl methyl sites for hydroxylation is 1. The molecule has 0 amide bonds. The molecule has 0 radical (unpaired) electrons. The van der Waals surface area contributed by atoms with E-state index in [9.17, 15) is 9.18 Å². The molecule has 0 bridgehead atoms. The Hall–Kier alpha value is -2.10. The fourth-order valence-electron chi connectivity index (χ4n) is 1.97. The zero-order valence-electron chi connectivity index (χ0n) is 9.57. The van der Waals surface area contributed by atoms with Crippen molar-refractivity contribution < 1.29 is 14.3 Å². The maximum atomic E-state index is 12.8. The van der Waals surface area contributed by atoms with Gasteiger partial charge in [-0.05, 0) is 44.2 Å². The molecule has 1 heterocycles. The molecule has 0 saturated carbocycles. The van der Waals surface area contributed by atoms with Crippen LogP contribution < -0.4 is 0 Å². The molecule has 2 rings (SSSR count). The van der Waals surface area contributed by atoms with E-state index in [4.69, 9.17) is 5.11 Å². The molecule has 0 aliphatic heterocycles. The summed E-state index contributed by atoms with van der Waals surface area (Å²) >= 11 is 0. The molecule has 3 nitrogen and oxygen atoms in total. The van der Waals surface area contributed by atoms with E-state index in [1.165, 1.54) is 12.1 Å². The lowest BCUT2D eigenvalue weighted by Gasteiger charge is -2.09. The van der Waals surface area contributed by atoms with Gasteiger partial charge in [0.25, 0.3) is 0 Å². The lowest BCUT2D eigenvalue weighted by molar-refractivity contribution is 0.0696. The van der Waals surface area contributed by atoms with E-state index in [-0.39, 0.29) is 11.4 Å². The van der Waals surface area contributed by atoms with E-state index in [2.05, 4.69) is 0 Å². The van der Waals surface area contributed by atoms with Crippen molar-refractivity contribution in [2.24, 2.45) is 0 Å². The molecule has 2 aromatic rings. The number of aromatic carboxylic acids is 1. The molecular weight excluding hydrogens is 221 g/mol. The Bertz CT molecular complexity index is 570. The van der Waals surface area contributed by atoms with Crippen LogP contribution in [0.2, 0.25) is 0 Å². The van der Waals surface area contributed by atoms with Gasteiger partial charge in [0.1, 0.15) is 5.82 Å². The Labute approximate surface area is 98.1 Å². The molecule has 1 aromatic carbocycles. The molecular formula is C13H12FNO2. The van der Waals surface area contributed by atoms with E-state index in [0.717, 1.165) is 11.4 Å². The zero-order chi connectivity index (χ0) is 12.6. The molecule has 0 fully saturated rings. The number of aromatic nitrogens is 1. The summed E-state index contributed by atoms with van der Waals surface area (Å²) < 4.78 is 14.6. The van der Waals surface area contributed by atoms with Gasteiger partial charge in [0.15, 0.2) is 0 Å². The Morgan fingerprint density at radius 3 is 2.29 bits per heavy atom. The summed E-state index contributed by atoms with van der Waals surface area (Å²) in [5, 5.41) is 9.02. The van der Waals surface area contributed by atoms with Crippen LogP contribution in [0.3, 0.4) is 0 Å². The second-order valence-corrected chi connectivity index (χ2v) is 3.90. The predicted octanol–water partition coefficient (Wildman–Crippen LogP) is 2.93. The van der Waals surface area contributed by atoms with Gasteiger partial charge in [0.05, 0.1) is 5.56 Å². The highest BCUT2D eigenvalue weighted by Gasteiger charge is 2.15. The molecule has 1 N–H and O–H groups in total. The number of benzene rings is 1. The molecule has 17 heavy (non-hydrogen) atoms. The minimum atomic E-state index is -0.952. The number of carbonyl (C=O) groups is 1. The number of hydrogen-bond donors (Lipinski definition) is 1. The van der Waals surface area contributed by atoms with Gasteiger partial charge in [-0.3, -0.25) is 0 Å². The van der Waals surface area contributed by atoms with E-state index >= 15 is 0 Å². The molecule has 0 atom stereocenters. The monoisotopic (exact) mass is 233 g/mol. The van der Waals surface area contributed by atoms with Gasteiger partial charge in [-0.25, -0.2) is 9.18 Å². The van der Waals surface area contributed by atoms with Crippen LogP contribution in [0.15, 0.2) is 30.3 Å². The largest absolute Gasteiger partial charge is 0.478 e. The molecule has 0 saturated heterocycles. The maximum Gasteiger partial charge on any atom is 0.337 e. The fraction of sp³-hybridized carbons (Fsp3) is 0.154. The van der Waals surface area contributed by atoms with Crippen molar-refractivity contribution >= 4 is 5.97 Å². The molecule has 88 valence electrons. The summed E-state index contributed by atoms with van der Waals surface area (Å²) in [6, 6.07) is 7.58. The molecule has 0 aliphatic rings. The first-order valence-electron chi connectivity index (χ1n) is 5.19. The van der Waals surface area contributed by atoms with Crippen LogP contribution in [0.4, 0.5) is 4.39 Å². The maximum absolute atomic E-state index is 12.8. The molecule has 0 unspecified atom stereocenters. The third kappa shape index (κ3) is 1.93. The first-order valence-corrected chi connectivity index (χ1v) is 5.19. The van der Waals surface area contributed by atoms with Crippen LogP contribution in [0.5, 0.6) is 0 Å². The predicted molar refractivity (Wildman–Crippen MR) is 62.2 cm³/mol. The summed E-state index contributed by atoms with van der Waals surface area (Å²) in [6.45, 7) is 3.56. The molecule has 0 aliphatic carbocycles. The summed E-state index contributed by atoms with van der Waals surface area (Å²) in [7, 11) is 0. The van der Waals surface area contributed by atoms with Crippen LogP contribution >= 0.6 is 0 Å². The smallest absolute Gasteiger partial charge is 0.337 e. The van der Waals surface area contributed by atoms with Crippen molar-refractivity contribution in [1.82, 2.24) is 4.57 Å². The molecule has 4 heteroatoms. The average Bonchev–Trinajstić information content (AvgIpc) is 2.56. The molecule has 0 spiro atoms. The van der Waals surface area contributed by atoms with Gasteiger partial charge >= 0.3 is 5.97 Å². The summed E-state index contributed by atoms with van der Waals surface area (Å²) in [6.07, 6.45) is 0. The van der Waals surface area contributed by atoms with E-state index in [1.54, 1.807) is 29.7 Å². The number of rotatable bonds is 2. The van der Waals surface area contributed by atoms with Gasteiger partial charge < -0.3 is 9.67 Å². The highest BCUT2D eigenvalue weighted by molar-refractivity contribution is 5.89. The number of carboxylic acid groups (broad SMARTS) is 1. The van der Waals surface area contributed by atoms with Crippen LogP contribution in [0.25, 0.3) is 5.69 Å². The Morgan fingerprint density at radius 1 is 1.24 bits per heavy atom. The summed E-state index contributed by atoms with van der Waals surface area (Å²) in [4.78, 5) is 11.0. The van der Waals surface area contributed by atoms with Gasteiger partial charge in [0, 0.05) is 17.1 Å². The van der Waals surface area contributed by atoms with Crippen LogP contribution in [-0.4, -0.2) is 15.6 Å². The van der Waals surface area contributed by atoms with Crippen LogP contribution in [-0.2, 0) is 0 Å². The van der Waals surface area contributed by atoms with E-state index in [0.29, 0.717) is 5.69 Å². The highest BCUT2D eigenvalue weighted by Crippen LogP contribution is 2.20. The standard InChI is InChI=1S/C13H12FNO2/c1-8-7-12(13(16)17)9(2)15(8)11-5-3-10(14)4-6-11/h3-7H,1-2H3,(H,16,17). The first kappa shape index (κ1) is 11.4. The highest BCUT2D eigenvalue weighted by atomic mass is 19.1. The lowest BCUT2D eigenvalue weighted by atomic mass is 10.2. The normalized spacial score (nSPS) is 10.5. The number of hydrogen-bond acceptors (Lipinski definition) is 1. The van der Waals surface area contributed by atoms with Crippen molar-refractivity contribution in [1.29, 1.82) is 0 Å². The Balaban J connectivity index is 2.59. The van der Waals surface area contributed by atoms with Crippen molar-refractivity contribution in [3.8, 4) is 5.69 Å². The quantitative estimate of drug-likeness (QED) is 0.866. The van der Waals surface area contributed by atoms with Gasteiger partial charge in [-0.2, -0.15) is 0 Å². The van der Waals surface area contributed by atoms with E-state index in [1.807, 2.05) is 6.92 Å². The topological polar surface area (TPSA) is 42.2 Å². The second kappa shape index (κ2) is 4.05. The molecule has 1 aromatic heterocycles. The second-order valence-electron chi connectivity index (χ2n) is 3.90. The average molecular weight is 233 g/mol. The van der Waals surface area contributed by atoms with Crippen molar-refractivity contribution in [3.63, 3.8) is 0 Å². The lowest BCUT2D eigenvalue weighted by Crippen LogP contribution is -2.02. The summed E-state index contributed by atoms with van der Waals surface area (Å²) in [5.74, 6) is -1.26. The number of halogens is 1. The van der Waals surface area contributed by atoms with Crippen molar-refractivity contribution in [3.05, 3.63) is 53.1 Å². The Kier molecular flexibility index (Phi) is 2.71. The van der Waals surface area contributed by atoms with Crippen LogP contribution in [0, 0.1) is 19.7 Å². The zero-order valence-corrected chi connectivity index (χ0v) is 9.57. The summed E-state index contributed by atoms with van der Waals surface area (Å²) in [5.41, 5.74) is 2.48. The minimum Gasteiger partial charge on any atom is -0.478 e. The number of nitrogens with zero attached hydrogens (tertiary/aromatic N) is 1. The number of carboxylic acids is 1. The van der Waals surface area contributed by atoms with Gasteiger partial charge in [-0.1, -0.05) is 0 Å². The Morgan fingerprint density at radius 2 is 1.82 bits per heavy atom. The third-order valence-electron chi connectivity index (χ3n) is 2.75. The van der Waals surface area contributed by atoms with Gasteiger partial charge in [-0.15, -0.1) is 0 Å². The van der Waals surface area contributed by atoms with Crippen LogP contribution in [0.1, 0.15) is 21.7 Å². The minimum absolute atomic E-state index is 0.270. The first-order chi connectivity index (χ1) is 8.00. The van der Waals surface area contributed by atoms with E-state index < -0.39 is 5.97 Å². The third-order valence-corrected chi connectivity index (χ3v) is 2.75. The fourth-order valence-corrected chi connectivity index (χ4v) is 1.97. The van der Waals surface area contributed by atoms with Crippen molar-refractivity contribution in [2.75, 3.05) is 0 Å². The SMILES string of the molecule is Cc1cc(C(=O)O)c(C)n1-c1ccc(F)cc1. The van der Waals surface area contributed by atoms with Gasteiger partial charge in [0.2, 0.25) is 0 Å².